The van der Waals surface area contributed by atoms with E-state index in [1.54, 1.807) is 0 Å². The summed E-state index contributed by atoms with van der Waals surface area (Å²) in [5, 5.41) is 8.73. The SMILES string of the molecule is CC(=O)OC[C@H]1O[C@H](OCCOCCO)[C@H](OC(C)=O)[C@@H](OC(C)=O)[C@H]1OC(C)=O. The largest absolute Gasteiger partial charge is 0.463 e. The molecule has 1 N–H and O–H groups in total. The van der Waals surface area contributed by atoms with E-state index in [4.69, 9.17) is 38.3 Å². The quantitative estimate of drug-likeness (QED) is 0.242. The molecule has 12 heteroatoms. The third-order valence-electron chi connectivity index (χ3n) is 3.69. The van der Waals surface area contributed by atoms with Gasteiger partial charge in [-0.2, -0.15) is 0 Å². The summed E-state index contributed by atoms with van der Waals surface area (Å²) in [6.07, 6.45) is -6.11. The minimum atomic E-state index is -1.28. The van der Waals surface area contributed by atoms with Gasteiger partial charge in [0.05, 0.1) is 26.4 Å². The molecule has 0 aromatic rings. The van der Waals surface area contributed by atoms with E-state index in [9.17, 15) is 19.2 Å². The topological polar surface area (TPSA) is 153 Å². The molecule has 0 radical (unpaired) electrons. The fourth-order valence-corrected chi connectivity index (χ4v) is 2.71. The molecule has 0 bridgehead atoms. The minimum absolute atomic E-state index is 0.0201. The Morgan fingerprint density at radius 1 is 0.767 bits per heavy atom. The predicted octanol–water partition coefficient (Wildman–Crippen LogP) is -0.905. The van der Waals surface area contributed by atoms with Crippen LogP contribution in [0.4, 0.5) is 0 Å². The van der Waals surface area contributed by atoms with Gasteiger partial charge in [-0.05, 0) is 0 Å². The third-order valence-corrected chi connectivity index (χ3v) is 3.69. The molecule has 1 aliphatic rings. The van der Waals surface area contributed by atoms with Crippen molar-refractivity contribution in [3.63, 3.8) is 0 Å². The van der Waals surface area contributed by atoms with Gasteiger partial charge in [0.25, 0.3) is 0 Å². The molecule has 30 heavy (non-hydrogen) atoms. The minimum Gasteiger partial charge on any atom is -0.463 e. The maximum Gasteiger partial charge on any atom is 0.303 e. The van der Waals surface area contributed by atoms with Crippen LogP contribution < -0.4 is 0 Å². The van der Waals surface area contributed by atoms with Gasteiger partial charge in [0.1, 0.15) is 12.7 Å². The molecule has 0 unspecified atom stereocenters. The molecule has 1 saturated heterocycles. The van der Waals surface area contributed by atoms with Gasteiger partial charge in [-0.25, -0.2) is 0 Å². The molecule has 172 valence electrons. The maximum absolute atomic E-state index is 11.7. The van der Waals surface area contributed by atoms with Crippen molar-refractivity contribution in [3.05, 3.63) is 0 Å². The van der Waals surface area contributed by atoms with E-state index in [1.165, 1.54) is 6.92 Å². The summed E-state index contributed by atoms with van der Waals surface area (Å²) in [5.41, 5.74) is 0. The number of aliphatic hydroxyl groups is 1. The number of carbonyl (C=O) groups is 4. The fourth-order valence-electron chi connectivity index (χ4n) is 2.71. The highest BCUT2D eigenvalue weighted by Gasteiger charge is 2.52. The molecule has 1 aliphatic heterocycles. The summed E-state index contributed by atoms with van der Waals surface area (Å²) in [7, 11) is 0. The van der Waals surface area contributed by atoms with Crippen molar-refractivity contribution >= 4 is 23.9 Å². The number of esters is 4. The molecule has 1 heterocycles. The Morgan fingerprint density at radius 3 is 1.87 bits per heavy atom. The summed E-state index contributed by atoms with van der Waals surface area (Å²) in [5.74, 6) is -2.77. The Balaban J connectivity index is 3.13. The molecule has 1 fully saturated rings. The monoisotopic (exact) mass is 436 g/mol. The van der Waals surface area contributed by atoms with E-state index in [0.29, 0.717) is 0 Å². The van der Waals surface area contributed by atoms with Crippen LogP contribution in [0.2, 0.25) is 0 Å². The zero-order valence-corrected chi connectivity index (χ0v) is 17.4. The Kier molecular flexibility index (Phi) is 11.3. The van der Waals surface area contributed by atoms with E-state index >= 15 is 0 Å². The number of hydrogen-bond acceptors (Lipinski definition) is 12. The second-order valence-electron chi connectivity index (χ2n) is 6.27. The lowest BCUT2D eigenvalue weighted by atomic mass is 9.98. The lowest BCUT2D eigenvalue weighted by Gasteiger charge is -2.44. The van der Waals surface area contributed by atoms with E-state index in [-0.39, 0.29) is 33.0 Å². The molecular weight excluding hydrogens is 408 g/mol. The molecule has 0 aliphatic carbocycles. The van der Waals surface area contributed by atoms with Gasteiger partial charge in [-0.15, -0.1) is 0 Å². The Labute approximate surface area is 173 Å². The number of carbonyl (C=O) groups excluding carboxylic acids is 4. The lowest BCUT2D eigenvalue weighted by Crippen LogP contribution is -2.63. The summed E-state index contributed by atoms with van der Waals surface area (Å²) in [4.78, 5) is 46.1. The average molecular weight is 436 g/mol. The van der Waals surface area contributed by atoms with Crippen molar-refractivity contribution in [2.75, 3.05) is 33.0 Å². The van der Waals surface area contributed by atoms with E-state index in [1.807, 2.05) is 0 Å². The summed E-state index contributed by atoms with van der Waals surface area (Å²) < 4.78 is 37.1. The highest BCUT2D eigenvalue weighted by atomic mass is 16.7. The van der Waals surface area contributed by atoms with Crippen molar-refractivity contribution in [3.8, 4) is 0 Å². The van der Waals surface area contributed by atoms with Crippen LogP contribution in [0.25, 0.3) is 0 Å². The second kappa shape index (κ2) is 13.1. The summed E-state index contributed by atoms with van der Waals surface area (Å²) >= 11 is 0. The number of aliphatic hydroxyl groups excluding tert-OH is 1. The highest BCUT2D eigenvalue weighted by molar-refractivity contribution is 5.68. The Hall–Kier alpha value is -2.28. The van der Waals surface area contributed by atoms with Crippen LogP contribution in [-0.2, 0) is 52.3 Å². The second-order valence-corrected chi connectivity index (χ2v) is 6.27. The first kappa shape index (κ1) is 25.8. The fraction of sp³-hybridized carbons (Fsp3) is 0.778. The Bertz CT molecular complexity index is 592. The van der Waals surface area contributed by atoms with E-state index in [2.05, 4.69) is 0 Å². The van der Waals surface area contributed by atoms with Crippen LogP contribution in [0.5, 0.6) is 0 Å². The van der Waals surface area contributed by atoms with Gasteiger partial charge in [0.2, 0.25) is 0 Å². The maximum atomic E-state index is 11.7. The molecule has 0 amide bonds. The Morgan fingerprint density at radius 2 is 1.33 bits per heavy atom. The van der Waals surface area contributed by atoms with Crippen LogP contribution in [0.3, 0.4) is 0 Å². The van der Waals surface area contributed by atoms with Crippen LogP contribution in [0, 0.1) is 0 Å². The van der Waals surface area contributed by atoms with Gasteiger partial charge in [-0.3, -0.25) is 19.2 Å². The van der Waals surface area contributed by atoms with Crippen molar-refractivity contribution in [1.82, 2.24) is 0 Å². The van der Waals surface area contributed by atoms with Crippen LogP contribution in [0.15, 0.2) is 0 Å². The lowest BCUT2D eigenvalue weighted by molar-refractivity contribution is -0.309. The third kappa shape index (κ3) is 9.03. The highest BCUT2D eigenvalue weighted by Crippen LogP contribution is 2.29. The summed E-state index contributed by atoms with van der Waals surface area (Å²) in [6.45, 7) is 4.25. The molecule has 1 rings (SSSR count). The first-order valence-electron chi connectivity index (χ1n) is 9.26. The molecule has 0 saturated carbocycles. The van der Waals surface area contributed by atoms with Crippen LogP contribution in [0.1, 0.15) is 27.7 Å². The molecule has 12 nitrogen and oxygen atoms in total. The molecule has 0 aromatic heterocycles. The van der Waals surface area contributed by atoms with Crippen molar-refractivity contribution < 1.29 is 57.4 Å². The smallest absolute Gasteiger partial charge is 0.303 e. The number of ether oxygens (including phenoxy) is 7. The molecule has 5 atom stereocenters. The first-order chi connectivity index (χ1) is 14.1. The van der Waals surface area contributed by atoms with Gasteiger partial charge in [-0.1, -0.05) is 0 Å². The summed E-state index contributed by atoms with van der Waals surface area (Å²) in [6, 6.07) is 0. The zero-order chi connectivity index (χ0) is 22.7. The van der Waals surface area contributed by atoms with E-state index in [0.717, 1.165) is 20.8 Å². The van der Waals surface area contributed by atoms with Crippen molar-refractivity contribution in [2.24, 2.45) is 0 Å². The molecule has 0 aromatic carbocycles. The van der Waals surface area contributed by atoms with Gasteiger partial charge in [0, 0.05) is 27.7 Å². The predicted molar refractivity (Wildman–Crippen MR) is 95.8 cm³/mol. The van der Waals surface area contributed by atoms with Gasteiger partial charge < -0.3 is 38.3 Å². The number of hydrogen-bond donors (Lipinski definition) is 1. The van der Waals surface area contributed by atoms with Gasteiger partial charge >= 0.3 is 23.9 Å². The molecule has 0 spiro atoms. The first-order valence-corrected chi connectivity index (χ1v) is 9.26. The van der Waals surface area contributed by atoms with E-state index < -0.39 is 54.6 Å². The van der Waals surface area contributed by atoms with Crippen LogP contribution >= 0.6 is 0 Å². The standard InChI is InChI=1S/C18H28O12/c1-10(20)26-9-14-15(27-11(2)21)16(28-12(3)22)17(29-13(4)23)18(30-14)25-8-7-24-6-5-19/h14-19H,5-9H2,1-4H3/t14-,15+,16+,17-,18+/m1/s1. The van der Waals surface area contributed by atoms with Crippen molar-refractivity contribution in [2.45, 2.75) is 58.4 Å². The zero-order valence-electron chi connectivity index (χ0n) is 17.4. The van der Waals surface area contributed by atoms with Crippen molar-refractivity contribution in [1.29, 1.82) is 0 Å². The molecular formula is C18H28O12. The van der Waals surface area contributed by atoms with Gasteiger partial charge in [0.15, 0.2) is 24.6 Å². The number of rotatable bonds is 11. The average Bonchev–Trinajstić information content (AvgIpc) is 2.63. The normalized spacial score (nSPS) is 25.8. The van der Waals surface area contributed by atoms with Crippen LogP contribution in [-0.4, -0.2) is 92.7 Å².